The third kappa shape index (κ3) is 2.71. The van der Waals surface area contributed by atoms with Crippen molar-refractivity contribution in [3.05, 3.63) is 46.8 Å². The maximum atomic E-state index is 10.2. The van der Waals surface area contributed by atoms with E-state index >= 15 is 0 Å². The highest BCUT2D eigenvalue weighted by molar-refractivity contribution is 5.32. The van der Waals surface area contributed by atoms with Crippen molar-refractivity contribution in [2.45, 2.75) is 26.4 Å². The quantitative estimate of drug-likeness (QED) is 0.874. The molecular formula is C13H17N3O. The van der Waals surface area contributed by atoms with Crippen molar-refractivity contribution in [2.24, 2.45) is 7.05 Å². The minimum absolute atomic E-state index is 0.498. The van der Waals surface area contributed by atoms with Crippen LogP contribution in [-0.4, -0.2) is 20.1 Å². The fourth-order valence-corrected chi connectivity index (χ4v) is 1.92. The fourth-order valence-electron chi connectivity index (χ4n) is 1.92. The van der Waals surface area contributed by atoms with Crippen LogP contribution in [-0.2, 0) is 13.5 Å². The second-order valence-corrected chi connectivity index (χ2v) is 4.46. The number of benzene rings is 1. The van der Waals surface area contributed by atoms with Gasteiger partial charge in [-0.25, -0.2) is 0 Å². The van der Waals surface area contributed by atoms with Crippen LogP contribution < -0.4 is 0 Å². The maximum absolute atomic E-state index is 10.2. The first-order valence-electron chi connectivity index (χ1n) is 5.66. The van der Waals surface area contributed by atoms with Crippen LogP contribution in [0.2, 0.25) is 0 Å². The lowest BCUT2D eigenvalue weighted by Gasteiger charge is -2.13. The molecule has 4 heteroatoms. The fraction of sp³-hybridized carbons (Fsp3) is 0.385. The van der Waals surface area contributed by atoms with E-state index in [1.54, 1.807) is 4.68 Å². The standard InChI is InChI=1S/C13H17N3O/c1-9-4-5-10(2)12(6-9)13(17)7-11-8-16(3)15-14-11/h4-6,8,13,17H,7H2,1-3H3. The Kier molecular flexibility index (Phi) is 3.24. The normalized spacial score (nSPS) is 12.7. The van der Waals surface area contributed by atoms with Crippen molar-refractivity contribution >= 4 is 0 Å². The number of hydrogen-bond acceptors (Lipinski definition) is 3. The van der Waals surface area contributed by atoms with E-state index in [1.807, 2.05) is 45.3 Å². The Balaban J connectivity index is 2.19. The lowest BCUT2D eigenvalue weighted by atomic mass is 9.98. The summed E-state index contributed by atoms with van der Waals surface area (Å²) in [5.41, 5.74) is 4.03. The molecule has 0 amide bonds. The van der Waals surface area contributed by atoms with E-state index in [0.717, 1.165) is 22.4 Å². The predicted octanol–water partition coefficient (Wildman–Crippen LogP) is 1.71. The molecule has 90 valence electrons. The molecule has 1 aromatic heterocycles. The summed E-state index contributed by atoms with van der Waals surface area (Å²) in [6.45, 7) is 4.03. The molecule has 1 unspecified atom stereocenters. The highest BCUT2D eigenvalue weighted by Gasteiger charge is 2.13. The molecule has 1 N–H and O–H groups in total. The summed E-state index contributed by atoms with van der Waals surface area (Å²) in [5, 5.41) is 18.1. The average Bonchev–Trinajstić information content (AvgIpc) is 2.67. The van der Waals surface area contributed by atoms with E-state index in [0.29, 0.717) is 6.42 Å². The van der Waals surface area contributed by atoms with E-state index in [9.17, 15) is 5.11 Å². The smallest absolute Gasteiger partial charge is 0.0856 e. The molecule has 4 nitrogen and oxygen atoms in total. The van der Waals surface area contributed by atoms with Crippen molar-refractivity contribution in [1.29, 1.82) is 0 Å². The van der Waals surface area contributed by atoms with Gasteiger partial charge in [0, 0.05) is 19.7 Å². The van der Waals surface area contributed by atoms with Gasteiger partial charge in [-0.3, -0.25) is 4.68 Å². The molecule has 0 aliphatic heterocycles. The van der Waals surface area contributed by atoms with Gasteiger partial charge in [-0.2, -0.15) is 0 Å². The molecule has 1 heterocycles. The van der Waals surface area contributed by atoms with Gasteiger partial charge in [0.1, 0.15) is 0 Å². The van der Waals surface area contributed by atoms with Crippen LogP contribution in [0.3, 0.4) is 0 Å². The molecule has 0 bridgehead atoms. The third-order valence-electron chi connectivity index (χ3n) is 2.85. The Morgan fingerprint density at radius 3 is 2.76 bits per heavy atom. The van der Waals surface area contributed by atoms with Gasteiger partial charge < -0.3 is 5.11 Å². The van der Waals surface area contributed by atoms with Crippen LogP contribution in [0.1, 0.15) is 28.5 Å². The van der Waals surface area contributed by atoms with Gasteiger partial charge in [-0.15, -0.1) is 5.10 Å². The van der Waals surface area contributed by atoms with Gasteiger partial charge >= 0.3 is 0 Å². The van der Waals surface area contributed by atoms with Crippen molar-refractivity contribution in [3.63, 3.8) is 0 Å². The number of aromatic nitrogens is 3. The summed E-state index contributed by atoms with van der Waals surface area (Å²) in [5.74, 6) is 0. The van der Waals surface area contributed by atoms with Gasteiger partial charge in [-0.05, 0) is 25.0 Å². The largest absolute Gasteiger partial charge is 0.388 e. The van der Waals surface area contributed by atoms with Crippen LogP contribution in [0.5, 0.6) is 0 Å². The van der Waals surface area contributed by atoms with Crippen LogP contribution in [0.25, 0.3) is 0 Å². The Morgan fingerprint density at radius 1 is 1.35 bits per heavy atom. The third-order valence-corrected chi connectivity index (χ3v) is 2.85. The highest BCUT2D eigenvalue weighted by Crippen LogP contribution is 2.21. The zero-order chi connectivity index (χ0) is 12.4. The van der Waals surface area contributed by atoms with Gasteiger partial charge in [0.2, 0.25) is 0 Å². The van der Waals surface area contributed by atoms with Crippen molar-refractivity contribution < 1.29 is 5.11 Å². The van der Waals surface area contributed by atoms with Gasteiger partial charge in [0.15, 0.2) is 0 Å². The molecule has 0 saturated heterocycles. The maximum Gasteiger partial charge on any atom is 0.0856 e. The highest BCUT2D eigenvalue weighted by atomic mass is 16.3. The van der Waals surface area contributed by atoms with Crippen LogP contribution >= 0.6 is 0 Å². The zero-order valence-electron chi connectivity index (χ0n) is 10.4. The summed E-state index contributed by atoms with van der Waals surface area (Å²) < 4.78 is 1.64. The van der Waals surface area contributed by atoms with E-state index in [2.05, 4.69) is 10.3 Å². The van der Waals surface area contributed by atoms with Crippen LogP contribution in [0.4, 0.5) is 0 Å². The summed E-state index contributed by atoms with van der Waals surface area (Å²) in [4.78, 5) is 0. The lowest BCUT2D eigenvalue weighted by Crippen LogP contribution is -2.04. The summed E-state index contributed by atoms with van der Waals surface area (Å²) in [6, 6.07) is 6.11. The lowest BCUT2D eigenvalue weighted by molar-refractivity contribution is 0.176. The Morgan fingerprint density at radius 2 is 2.12 bits per heavy atom. The molecule has 17 heavy (non-hydrogen) atoms. The number of hydrogen-bond donors (Lipinski definition) is 1. The van der Waals surface area contributed by atoms with E-state index in [1.165, 1.54) is 0 Å². The zero-order valence-corrected chi connectivity index (χ0v) is 10.4. The van der Waals surface area contributed by atoms with E-state index < -0.39 is 6.10 Å². The Hall–Kier alpha value is -1.68. The molecule has 0 saturated carbocycles. The average molecular weight is 231 g/mol. The molecule has 0 fully saturated rings. The monoisotopic (exact) mass is 231 g/mol. The molecule has 1 atom stereocenters. The predicted molar refractivity (Wildman–Crippen MR) is 65.6 cm³/mol. The number of aryl methyl sites for hydroxylation is 3. The van der Waals surface area contributed by atoms with Crippen molar-refractivity contribution in [2.75, 3.05) is 0 Å². The minimum Gasteiger partial charge on any atom is -0.388 e. The van der Waals surface area contributed by atoms with Gasteiger partial charge in [-0.1, -0.05) is 29.0 Å². The molecule has 2 aromatic rings. The van der Waals surface area contributed by atoms with Crippen molar-refractivity contribution in [3.8, 4) is 0 Å². The summed E-state index contributed by atoms with van der Waals surface area (Å²) in [7, 11) is 1.82. The van der Waals surface area contributed by atoms with E-state index in [-0.39, 0.29) is 0 Å². The first-order chi connectivity index (χ1) is 8.06. The molecule has 0 aliphatic rings. The second-order valence-electron chi connectivity index (χ2n) is 4.46. The number of aliphatic hydroxyl groups is 1. The topological polar surface area (TPSA) is 50.9 Å². The number of nitrogens with zero attached hydrogens (tertiary/aromatic N) is 3. The Bertz CT molecular complexity index is 519. The second kappa shape index (κ2) is 4.67. The first-order valence-corrected chi connectivity index (χ1v) is 5.66. The molecular weight excluding hydrogens is 214 g/mol. The molecule has 2 rings (SSSR count). The molecule has 0 radical (unpaired) electrons. The minimum atomic E-state index is -0.522. The van der Waals surface area contributed by atoms with Crippen LogP contribution in [0.15, 0.2) is 24.4 Å². The molecule has 1 aromatic carbocycles. The van der Waals surface area contributed by atoms with E-state index in [4.69, 9.17) is 0 Å². The summed E-state index contributed by atoms with van der Waals surface area (Å²) >= 11 is 0. The van der Waals surface area contributed by atoms with Crippen molar-refractivity contribution in [1.82, 2.24) is 15.0 Å². The SMILES string of the molecule is Cc1ccc(C)c(C(O)Cc2cn(C)nn2)c1. The molecule has 0 spiro atoms. The first kappa shape index (κ1) is 11.8. The number of aliphatic hydroxyl groups excluding tert-OH is 1. The number of rotatable bonds is 3. The summed E-state index contributed by atoms with van der Waals surface area (Å²) in [6.07, 6.45) is 1.80. The molecule has 0 aliphatic carbocycles. The van der Waals surface area contributed by atoms with Gasteiger partial charge in [0.25, 0.3) is 0 Å². The van der Waals surface area contributed by atoms with Gasteiger partial charge in [0.05, 0.1) is 11.8 Å². The van der Waals surface area contributed by atoms with Crippen LogP contribution in [0, 0.1) is 13.8 Å². The Labute approximate surface area is 101 Å².